The van der Waals surface area contributed by atoms with Gasteiger partial charge in [0.2, 0.25) is 0 Å². The van der Waals surface area contributed by atoms with E-state index in [1.807, 2.05) is 61.0 Å². The molecule has 1 aromatic carbocycles. The zero-order chi connectivity index (χ0) is 19.3. The van der Waals surface area contributed by atoms with E-state index in [9.17, 15) is 4.79 Å². The van der Waals surface area contributed by atoms with Crippen LogP contribution in [0, 0.1) is 0 Å². The minimum absolute atomic E-state index is 0. The Bertz CT molecular complexity index is 884. The Kier molecular flexibility index (Phi) is 9.43. The zero-order valence-corrected chi connectivity index (χ0v) is 18.3. The molecular weight excluding hydrogens is 411 g/mol. The number of imidazole rings is 1. The van der Waals surface area contributed by atoms with Crippen LogP contribution in [-0.4, -0.2) is 27.4 Å². The highest BCUT2D eigenvalue weighted by molar-refractivity contribution is 5.95. The molecule has 3 aromatic rings. The van der Waals surface area contributed by atoms with Crippen LogP contribution in [0.15, 0.2) is 54.9 Å². The Balaban J connectivity index is 0.00000210. The van der Waals surface area contributed by atoms with Gasteiger partial charge in [-0.05, 0) is 43.2 Å². The molecule has 0 atom stereocenters. The van der Waals surface area contributed by atoms with Crippen molar-refractivity contribution in [3.63, 3.8) is 0 Å². The summed E-state index contributed by atoms with van der Waals surface area (Å²) in [6.07, 6.45) is 5.46. The highest BCUT2D eigenvalue weighted by Gasteiger charge is 2.26. The van der Waals surface area contributed by atoms with Gasteiger partial charge in [0.15, 0.2) is 0 Å². The summed E-state index contributed by atoms with van der Waals surface area (Å²) < 4.78 is 7.79. The standard InChI is InChI=1S/C21H26N4O2.2ClH/c1-3-21(4-2,15-22)24-20(26)16-8-7-9-18(12-16)27-14-17-13-25-11-6-5-10-19(25)23-17;;/h5-13H,3-4,14-15,22H2,1-2H3,(H,24,26);2*1H. The van der Waals surface area contributed by atoms with Gasteiger partial charge >= 0.3 is 0 Å². The zero-order valence-electron chi connectivity index (χ0n) is 16.6. The first-order valence-electron chi connectivity index (χ1n) is 9.27. The molecule has 0 fully saturated rings. The molecule has 3 N–H and O–H groups in total. The average Bonchev–Trinajstić information content (AvgIpc) is 3.14. The van der Waals surface area contributed by atoms with Crippen LogP contribution in [0.5, 0.6) is 5.75 Å². The van der Waals surface area contributed by atoms with Crippen LogP contribution in [0.25, 0.3) is 5.65 Å². The summed E-state index contributed by atoms with van der Waals surface area (Å²) in [7, 11) is 0. The topological polar surface area (TPSA) is 81.6 Å². The fourth-order valence-electron chi connectivity index (χ4n) is 3.02. The predicted octanol–water partition coefficient (Wildman–Crippen LogP) is 4.00. The first-order valence-corrected chi connectivity index (χ1v) is 9.27. The van der Waals surface area contributed by atoms with E-state index in [0.717, 1.165) is 24.2 Å². The second-order valence-corrected chi connectivity index (χ2v) is 6.66. The van der Waals surface area contributed by atoms with E-state index in [-0.39, 0.29) is 36.3 Å². The molecule has 0 aliphatic heterocycles. The Hall–Kier alpha value is -2.28. The lowest BCUT2D eigenvalue weighted by Crippen LogP contribution is -2.52. The summed E-state index contributed by atoms with van der Waals surface area (Å²) in [5.74, 6) is 0.494. The van der Waals surface area contributed by atoms with Crippen molar-refractivity contribution in [2.24, 2.45) is 5.73 Å². The van der Waals surface area contributed by atoms with Gasteiger partial charge < -0.3 is 20.2 Å². The lowest BCUT2D eigenvalue weighted by Gasteiger charge is -2.31. The Morgan fingerprint density at radius 3 is 2.59 bits per heavy atom. The molecule has 0 radical (unpaired) electrons. The molecule has 0 unspecified atom stereocenters. The van der Waals surface area contributed by atoms with Gasteiger partial charge in [-0.2, -0.15) is 0 Å². The molecule has 2 heterocycles. The van der Waals surface area contributed by atoms with Crippen LogP contribution in [0.3, 0.4) is 0 Å². The Morgan fingerprint density at radius 2 is 1.93 bits per heavy atom. The van der Waals surface area contributed by atoms with Crippen LogP contribution in [0.1, 0.15) is 42.7 Å². The normalized spacial score (nSPS) is 10.7. The summed E-state index contributed by atoms with van der Waals surface area (Å²) >= 11 is 0. The number of hydrogen-bond acceptors (Lipinski definition) is 4. The number of carbonyl (C=O) groups is 1. The molecule has 0 bridgehead atoms. The molecular formula is C21H28Cl2N4O2. The smallest absolute Gasteiger partial charge is 0.251 e. The van der Waals surface area contributed by atoms with Crippen molar-refractivity contribution in [2.45, 2.75) is 38.8 Å². The van der Waals surface area contributed by atoms with Gasteiger partial charge in [0.05, 0.1) is 11.2 Å². The summed E-state index contributed by atoms with van der Waals surface area (Å²) in [4.78, 5) is 17.2. The summed E-state index contributed by atoms with van der Waals surface area (Å²) in [6, 6.07) is 13.0. The van der Waals surface area contributed by atoms with Crippen LogP contribution in [-0.2, 0) is 6.61 Å². The molecule has 0 aliphatic carbocycles. The van der Waals surface area contributed by atoms with Gasteiger partial charge in [-0.25, -0.2) is 4.98 Å². The first kappa shape index (κ1) is 24.8. The van der Waals surface area contributed by atoms with Gasteiger partial charge in [-0.15, -0.1) is 24.8 Å². The summed E-state index contributed by atoms with van der Waals surface area (Å²) in [5.41, 5.74) is 7.77. The highest BCUT2D eigenvalue weighted by Crippen LogP contribution is 2.18. The fraction of sp³-hybridized carbons (Fsp3) is 0.333. The molecule has 2 aromatic heterocycles. The summed E-state index contributed by atoms with van der Waals surface area (Å²) in [5, 5.41) is 3.08. The van der Waals surface area contributed by atoms with Gasteiger partial charge in [0.1, 0.15) is 18.0 Å². The molecule has 8 heteroatoms. The van der Waals surface area contributed by atoms with Crippen LogP contribution in [0.4, 0.5) is 0 Å². The number of aromatic nitrogens is 2. The SMILES string of the molecule is CCC(CC)(CN)NC(=O)c1cccc(OCc2cn3ccccc3n2)c1.Cl.Cl. The highest BCUT2D eigenvalue weighted by atomic mass is 35.5. The predicted molar refractivity (Wildman–Crippen MR) is 120 cm³/mol. The van der Waals surface area contributed by atoms with Crippen molar-refractivity contribution in [3.8, 4) is 5.75 Å². The number of nitrogens with two attached hydrogens (primary N) is 1. The third-order valence-corrected chi connectivity index (χ3v) is 5.02. The minimum Gasteiger partial charge on any atom is -0.487 e. The van der Waals surface area contributed by atoms with Crippen molar-refractivity contribution < 1.29 is 9.53 Å². The van der Waals surface area contributed by atoms with E-state index in [1.54, 1.807) is 12.1 Å². The number of amides is 1. The lowest BCUT2D eigenvalue weighted by molar-refractivity contribution is 0.0894. The van der Waals surface area contributed by atoms with Crippen LogP contribution >= 0.6 is 24.8 Å². The summed E-state index contributed by atoms with van der Waals surface area (Å²) in [6.45, 7) is 4.81. The Labute approximate surface area is 183 Å². The molecule has 29 heavy (non-hydrogen) atoms. The monoisotopic (exact) mass is 438 g/mol. The van der Waals surface area contributed by atoms with E-state index in [1.165, 1.54) is 0 Å². The number of fused-ring (bicyclic) bond motifs is 1. The molecule has 0 saturated carbocycles. The van der Waals surface area contributed by atoms with E-state index in [4.69, 9.17) is 10.5 Å². The quantitative estimate of drug-likeness (QED) is 0.556. The van der Waals surface area contributed by atoms with Crippen molar-refractivity contribution in [1.82, 2.24) is 14.7 Å². The minimum atomic E-state index is -0.371. The van der Waals surface area contributed by atoms with E-state index in [0.29, 0.717) is 24.5 Å². The first-order chi connectivity index (χ1) is 13.1. The number of halogens is 2. The fourth-order valence-corrected chi connectivity index (χ4v) is 3.02. The third kappa shape index (κ3) is 5.85. The number of benzene rings is 1. The number of ether oxygens (including phenoxy) is 1. The largest absolute Gasteiger partial charge is 0.487 e. The molecule has 0 saturated heterocycles. The molecule has 1 amide bonds. The number of nitrogens with one attached hydrogen (secondary N) is 1. The molecule has 6 nitrogen and oxygen atoms in total. The van der Waals surface area contributed by atoms with E-state index < -0.39 is 0 Å². The number of nitrogens with zero attached hydrogens (tertiary/aromatic N) is 2. The van der Waals surface area contributed by atoms with Gasteiger partial charge in [-0.1, -0.05) is 26.0 Å². The van der Waals surface area contributed by atoms with Crippen molar-refractivity contribution >= 4 is 36.4 Å². The van der Waals surface area contributed by atoms with Crippen molar-refractivity contribution in [1.29, 1.82) is 0 Å². The molecule has 158 valence electrons. The maximum absolute atomic E-state index is 12.6. The third-order valence-electron chi connectivity index (χ3n) is 5.02. The van der Waals surface area contributed by atoms with E-state index in [2.05, 4.69) is 10.3 Å². The van der Waals surface area contributed by atoms with Gasteiger partial charge in [0, 0.05) is 24.5 Å². The number of carbonyl (C=O) groups excluding carboxylic acids is 1. The maximum Gasteiger partial charge on any atom is 0.251 e. The number of rotatable bonds is 8. The van der Waals surface area contributed by atoms with Crippen molar-refractivity contribution in [2.75, 3.05) is 6.54 Å². The molecule has 0 aliphatic rings. The molecule has 3 rings (SSSR count). The van der Waals surface area contributed by atoms with Crippen LogP contribution < -0.4 is 15.8 Å². The lowest BCUT2D eigenvalue weighted by atomic mass is 9.92. The average molecular weight is 439 g/mol. The van der Waals surface area contributed by atoms with Crippen LogP contribution in [0.2, 0.25) is 0 Å². The Morgan fingerprint density at radius 1 is 1.17 bits per heavy atom. The number of hydrogen-bond donors (Lipinski definition) is 2. The molecule has 0 spiro atoms. The van der Waals surface area contributed by atoms with Gasteiger partial charge in [0.25, 0.3) is 5.91 Å². The van der Waals surface area contributed by atoms with E-state index >= 15 is 0 Å². The second-order valence-electron chi connectivity index (χ2n) is 6.66. The van der Waals surface area contributed by atoms with Gasteiger partial charge in [-0.3, -0.25) is 4.79 Å². The maximum atomic E-state index is 12.6. The second kappa shape index (κ2) is 11.0. The number of pyridine rings is 1. The van der Waals surface area contributed by atoms with Crippen molar-refractivity contribution in [3.05, 3.63) is 66.1 Å².